The second-order valence-corrected chi connectivity index (χ2v) is 7.01. The van der Waals surface area contributed by atoms with Crippen LogP contribution in [-0.4, -0.2) is 38.8 Å². The molecule has 0 atom stereocenters. The Balaban J connectivity index is 1.89. The number of hydrogen-bond donors (Lipinski definition) is 3. The van der Waals surface area contributed by atoms with E-state index in [-0.39, 0.29) is 29.2 Å². The monoisotopic (exact) mass is 432 g/mol. The highest BCUT2D eigenvalue weighted by Gasteiger charge is 2.45. The molecule has 0 unspecified atom stereocenters. The van der Waals surface area contributed by atoms with Crippen LogP contribution in [0.4, 0.5) is 33.5 Å². The summed E-state index contributed by atoms with van der Waals surface area (Å²) in [5.74, 6) is -5.64. The minimum absolute atomic E-state index is 0.111. The summed E-state index contributed by atoms with van der Waals surface area (Å²) in [6.07, 6.45) is -4.47. The van der Waals surface area contributed by atoms with Crippen molar-refractivity contribution in [2.75, 3.05) is 10.6 Å². The molecule has 13 heteroatoms. The zero-order valence-corrected chi connectivity index (χ0v) is 15.6. The zero-order valence-electron chi connectivity index (χ0n) is 15.6. The van der Waals surface area contributed by atoms with E-state index in [0.29, 0.717) is 0 Å². The number of pyridine rings is 1. The summed E-state index contributed by atoms with van der Waals surface area (Å²) >= 11 is 0. The third-order valence-corrected chi connectivity index (χ3v) is 4.54. The molecule has 3 rings (SSSR count). The summed E-state index contributed by atoms with van der Waals surface area (Å²) in [6.45, 7) is 1.10. The molecule has 1 aliphatic carbocycles. The van der Waals surface area contributed by atoms with Crippen molar-refractivity contribution in [2.45, 2.75) is 38.5 Å². The topological polar surface area (TPSA) is 115 Å². The van der Waals surface area contributed by atoms with Gasteiger partial charge in [-0.1, -0.05) is 0 Å². The summed E-state index contributed by atoms with van der Waals surface area (Å²) in [5.41, 5.74) is 4.78. The molecule has 2 amide bonds. The Bertz CT molecular complexity index is 980. The van der Waals surface area contributed by atoms with Crippen molar-refractivity contribution in [1.82, 2.24) is 14.8 Å². The van der Waals surface area contributed by atoms with E-state index in [1.54, 1.807) is 0 Å². The number of carbonyl (C=O) groups is 2. The number of alkyl halides is 5. The lowest BCUT2D eigenvalue weighted by atomic mass is 9.81. The summed E-state index contributed by atoms with van der Waals surface area (Å²) < 4.78 is 65.5. The first-order valence-corrected chi connectivity index (χ1v) is 8.72. The molecule has 162 valence electrons. The Hall–Kier alpha value is -3.25. The molecule has 1 saturated carbocycles. The number of nitrogens with zero attached hydrogens (tertiary/aromatic N) is 3. The molecule has 0 bridgehead atoms. The van der Waals surface area contributed by atoms with Crippen molar-refractivity contribution in [3.05, 3.63) is 35.3 Å². The van der Waals surface area contributed by atoms with E-state index in [4.69, 9.17) is 5.73 Å². The van der Waals surface area contributed by atoms with Crippen LogP contribution in [0.15, 0.2) is 18.3 Å². The van der Waals surface area contributed by atoms with E-state index in [9.17, 15) is 31.5 Å². The van der Waals surface area contributed by atoms with E-state index >= 15 is 0 Å². The molecule has 30 heavy (non-hydrogen) atoms. The Kier molecular flexibility index (Phi) is 5.39. The average molecular weight is 432 g/mol. The smallest absolute Gasteiger partial charge is 0.364 e. The van der Waals surface area contributed by atoms with Gasteiger partial charge in [0.05, 0.1) is 0 Å². The Morgan fingerprint density at radius 1 is 1.33 bits per heavy atom. The van der Waals surface area contributed by atoms with Gasteiger partial charge in [-0.05, 0) is 25.0 Å². The van der Waals surface area contributed by atoms with Crippen LogP contribution in [-0.2, 0) is 6.54 Å². The van der Waals surface area contributed by atoms with Gasteiger partial charge in [0.25, 0.3) is 11.8 Å². The van der Waals surface area contributed by atoms with Crippen LogP contribution < -0.4 is 16.4 Å². The van der Waals surface area contributed by atoms with Crippen LogP contribution >= 0.6 is 0 Å². The molecule has 1 fully saturated rings. The minimum atomic E-state index is -4.80. The molecule has 0 aliphatic heterocycles. The lowest BCUT2D eigenvalue weighted by Crippen LogP contribution is -2.38. The normalized spacial score (nSPS) is 16.1. The fourth-order valence-corrected chi connectivity index (χ4v) is 3.22. The number of nitrogens with two attached hydrogens (primary N) is 1. The van der Waals surface area contributed by atoms with Crippen molar-refractivity contribution in [1.29, 1.82) is 0 Å². The largest absolute Gasteiger partial charge is 0.483 e. The molecule has 0 aromatic carbocycles. The Labute approximate surface area is 166 Å². The third kappa shape index (κ3) is 4.83. The lowest BCUT2D eigenvalue weighted by Gasteiger charge is -2.34. The lowest BCUT2D eigenvalue weighted by molar-refractivity contribution is -0.114. The summed E-state index contributed by atoms with van der Waals surface area (Å²) in [6, 6.07) is 2.54. The Morgan fingerprint density at radius 3 is 2.57 bits per heavy atom. The summed E-state index contributed by atoms with van der Waals surface area (Å²) in [5, 5.41) is 7.45. The van der Waals surface area contributed by atoms with Crippen LogP contribution in [0.5, 0.6) is 0 Å². The number of amides is 2. The maximum atomic E-state index is 13.1. The molecular weight excluding hydrogens is 415 g/mol. The second kappa shape index (κ2) is 7.54. The summed E-state index contributed by atoms with van der Waals surface area (Å²) in [4.78, 5) is 27.7. The van der Waals surface area contributed by atoms with Crippen molar-refractivity contribution in [3.8, 4) is 0 Å². The molecular formula is C17H17F5N6O2. The second-order valence-electron chi connectivity index (χ2n) is 7.01. The van der Waals surface area contributed by atoms with Crippen molar-refractivity contribution in [2.24, 2.45) is 11.7 Å². The molecule has 8 nitrogen and oxygen atoms in total. The first-order chi connectivity index (χ1) is 13.8. The molecule has 4 N–H and O–H groups in total. The number of hydrogen-bond acceptors (Lipinski definition) is 5. The fourth-order valence-electron chi connectivity index (χ4n) is 3.22. The van der Waals surface area contributed by atoms with Crippen LogP contribution in [0.3, 0.4) is 0 Å². The molecule has 0 saturated heterocycles. The number of carbonyl (C=O) groups excluding carboxylic acids is 2. The minimum Gasteiger partial charge on any atom is -0.364 e. The molecule has 0 radical (unpaired) electrons. The molecule has 1 aliphatic rings. The number of aromatic nitrogens is 3. The first kappa shape index (κ1) is 21.5. The first-order valence-electron chi connectivity index (χ1n) is 8.72. The van der Waals surface area contributed by atoms with Crippen molar-refractivity contribution in [3.63, 3.8) is 0 Å². The van der Waals surface area contributed by atoms with Crippen molar-refractivity contribution >= 4 is 23.3 Å². The van der Waals surface area contributed by atoms with Gasteiger partial charge in [-0.3, -0.25) is 24.6 Å². The van der Waals surface area contributed by atoms with Gasteiger partial charge in [-0.2, -0.15) is 18.3 Å². The van der Waals surface area contributed by atoms with Crippen LogP contribution in [0.25, 0.3) is 0 Å². The van der Waals surface area contributed by atoms with E-state index in [1.807, 2.05) is 0 Å². The highest BCUT2D eigenvalue weighted by Crippen LogP contribution is 2.43. The van der Waals surface area contributed by atoms with Gasteiger partial charge in [-0.25, -0.2) is 8.78 Å². The van der Waals surface area contributed by atoms with Gasteiger partial charge in [0, 0.05) is 36.8 Å². The van der Waals surface area contributed by atoms with Crippen molar-refractivity contribution < 1.29 is 31.5 Å². The number of primary amides is 1. The molecule has 2 aromatic rings. The van der Waals surface area contributed by atoms with Crippen LogP contribution in [0, 0.1) is 12.8 Å². The third-order valence-electron chi connectivity index (χ3n) is 4.54. The SMILES string of the molecule is Cc1c(NC(F)(F)F)nn(CC2CC(F)(F)C2)c1C(=O)Nc1ccnc(C(N)=O)c1. The zero-order chi connectivity index (χ0) is 22.3. The molecule has 2 aromatic heterocycles. The standard InChI is InChI=1S/C17H17F5N6O2/c1-8-12(15(30)25-10-2-3-24-11(4-10)13(23)29)28(7-9-5-16(18,19)6-9)27-14(8)26-17(20,21)22/h2-4,9H,5-7H2,1H3,(H2,23,29)(H,26,27)(H,24,25,30). The van der Waals surface area contributed by atoms with Gasteiger partial charge in [-0.15, -0.1) is 0 Å². The number of anilines is 2. The maximum absolute atomic E-state index is 13.1. The van der Waals surface area contributed by atoms with E-state index in [2.05, 4.69) is 15.4 Å². The number of nitrogens with one attached hydrogen (secondary N) is 2. The van der Waals surface area contributed by atoms with Crippen LogP contribution in [0.2, 0.25) is 0 Å². The number of rotatable bonds is 6. The van der Waals surface area contributed by atoms with Gasteiger partial charge in [0.1, 0.15) is 11.4 Å². The van der Waals surface area contributed by atoms with Crippen LogP contribution in [0.1, 0.15) is 39.4 Å². The predicted octanol–water partition coefficient (Wildman–Crippen LogP) is 2.91. The fraction of sp³-hybridized carbons (Fsp3) is 0.412. The van der Waals surface area contributed by atoms with Gasteiger partial charge < -0.3 is 11.1 Å². The van der Waals surface area contributed by atoms with Gasteiger partial charge >= 0.3 is 6.30 Å². The van der Waals surface area contributed by atoms with E-state index in [0.717, 1.165) is 4.68 Å². The average Bonchev–Trinajstić information content (AvgIpc) is 2.87. The maximum Gasteiger partial charge on any atom is 0.483 e. The highest BCUT2D eigenvalue weighted by molar-refractivity contribution is 6.05. The highest BCUT2D eigenvalue weighted by atomic mass is 19.4. The predicted molar refractivity (Wildman–Crippen MR) is 95.0 cm³/mol. The van der Waals surface area contributed by atoms with E-state index in [1.165, 1.54) is 30.6 Å². The van der Waals surface area contributed by atoms with Gasteiger partial charge in [0.15, 0.2) is 5.82 Å². The molecule has 2 heterocycles. The summed E-state index contributed by atoms with van der Waals surface area (Å²) in [7, 11) is 0. The van der Waals surface area contributed by atoms with E-state index < -0.39 is 48.6 Å². The molecule has 0 spiro atoms. The van der Waals surface area contributed by atoms with Gasteiger partial charge in [0.2, 0.25) is 5.92 Å². The Morgan fingerprint density at radius 2 is 2.00 bits per heavy atom. The number of halogens is 5. The quantitative estimate of drug-likeness (QED) is 0.480.